The number of Topliss-reactive ketones (excluding diaryl/α,β-unsaturated/α-hetero) is 1. The molecule has 0 aromatic carbocycles. The van der Waals surface area contributed by atoms with Crippen LogP contribution in [-0.2, 0) is 14.8 Å². The van der Waals surface area contributed by atoms with Gasteiger partial charge < -0.3 is 4.90 Å². The number of pyridine rings is 1. The van der Waals surface area contributed by atoms with Gasteiger partial charge in [0.15, 0.2) is 11.6 Å². The van der Waals surface area contributed by atoms with Crippen molar-refractivity contribution in [1.29, 1.82) is 0 Å². The minimum atomic E-state index is -3.63. The van der Waals surface area contributed by atoms with E-state index in [1.807, 2.05) is 13.8 Å². The average Bonchev–Trinajstić information content (AvgIpc) is 2.96. The lowest BCUT2D eigenvalue weighted by molar-refractivity contribution is -0.128. The highest BCUT2D eigenvalue weighted by atomic mass is 32.2. The molecule has 1 aliphatic heterocycles. The Morgan fingerprint density at radius 2 is 1.89 bits per heavy atom. The summed E-state index contributed by atoms with van der Waals surface area (Å²) in [6, 6.07) is 0.773. The first-order chi connectivity index (χ1) is 13.1. The van der Waals surface area contributed by atoms with Gasteiger partial charge in [-0.1, -0.05) is 13.8 Å². The summed E-state index contributed by atoms with van der Waals surface area (Å²) in [6.07, 6.45) is 2.96. The van der Waals surface area contributed by atoms with Crippen LogP contribution in [0.15, 0.2) is 12.3 Å². The predicted octanol–water partition coefficient (Wildman–Crippen LogP) is 2.21. The van der Waals surface area contributed by atoms with Crippen LogP contribution in [0.4, 0.5) is 14.6 Å². The molecule has 1 saturated heterocycles. The van der Waals surface area contributed by atoms with E-state index >= 15 is 0 Å². The maximum atomic E-state index is 14.0. The lowest BCUT2D eigenvalue weighted by Gasteiger charge is -2.40. The summed E-state index contributed by atoms with van der Waals surface area (Å²) in [5, 5.41) is 0. The molecule has 2 bridgehead atoms. The Hall–Kier alpha value is -1.61. The fraction of sp³-hybridized carbons (Fsp3) is 0.684. The van der Waals surface area contributed by atoms with Crippen LogP contribution in [-0.4, -0.2) is 55.4 Å². The molecule has 0 radical (unpaired) electrons. The van der Waals surface area contributed by atoms with Crippen molar-refractivity contribution in [1.82, 2.24) is 9.29 Å². The number of nitrogens with zero attached hydrogens (tertiary/aromatic N) is 3. The SMILES string of the molecule is CC1(C)[C@@H]2CC[C@]1(CS(=O)(=O)N1CCN(c3ncc(F)cc3F)CC1)C(=O)C2. The quantitative estimate of drug-likeness (QED) is 0.757. The number of carbonyl (C=O) groups excluding carboxylic acids is 1. The Balaban J connectivity index is 1.48. The van der Waals surface area contributed by atoms with Gasteiger partial charge in [-0.2, -0.15) is 4.31 Å². The second kappa shape index (κ2) is 6.45. The van der Waals surface area contributed by atoms with Crippen molar-refractivity contribution in [3.8, 4) is 0 Å². The van der Waals surface area contributed by atoms with Crippen LogP contribution >= 0.6 is 0 Å². The molecule has 2 heterocycles. The summed E-state index contributed by atoms with van der Waals surface area (Å²) in [4.78, 5) is 18.1. The number of hydrogen-bond donors (Lipinski definition) is 0. The lowest BCUT2D eigenvalue weighted by Crippen LogP contribution is -2.53. The third-order valence-corrected chi connectivity index (χ3v) is 9.30. The second-order valence-corrected chi connectivity index (χ2v) is 10.7. The summed E-state index contributed by atoms with van der Waals surface area (Å²) in [6.45, 7) is 4.95. The van der Waals surface area contributed by atoms with Gasteiger partial charge in [-0.25, -0.2) is 22.2 Å². The third kappa shape index (κ3) is 2.85. The van der Waals surface area contributed by atoms with Crippen LogP contribution < -0.4 is 4.90 Å². The maximum Gasteiger partial charge on any atom is 0.215 e. The molecule has 0 amide bonds. The highest BCUT2D eigenvalue weighted by Gasteiger charge is 2.65. The molecule has 2 atom stereocenters. The molecule has 0 N–H and O–H groups in total. The molecular formula is C19H25F2N3O3S. The molecule has 2 aliphatic carbocycles. The molecule has 4 rings (SSSR count). The zero-order chi connectivity index (χ0) is 20.3. The van der Waals surface area contributed by atoms with Gasteiger partial charge >= 0.3 is 0 Å². The molecule has 9 heteroatoms. The Morgan fingerprint density at radius 3 is 2.43 bits per heavy atom. The lowest BCUT2D eigenvalue weighted by atomic mass is 9.70. The van der Waals surface area contributed by atoms with E-state index in [-0.39, 0.29) is 54.9 Å². The average molecular weight is 413 g/mol. The molecule has 6 nitrogen and oxygen atoms in total. The molecule has 0 spiro atoms. The predicted molar refractivity (Wildman–Crippen MR) is 100 cm³/mol. The Kier molecular flexibility index (Phi) is 4.54. The monoisotopic (exact) mass is 413 g/mol. The van der Waals surface area contributed by atoms with E-state index in [4.69, 9.17) is 0 Å². The first-order valence-electron chi connectivity index (χ1n) is 9.64. The third-order valence-electron chi connectivity index (χ3n) is 7.29. The van der Waals surface area contributed by atoms with Crippen molar-refractivity contribution in [3.05, 3.63) is 23.9 Å². The summed E-state index contributed by atoms with van der Waals surface area (Å²) in [5.41, 5.74) is -1.10. The van der Waals surface area contributed by atoms with Crippen molar-refractivity contribution in [2.45, 2.75) is 33.1 Å². The number of rotatable bonds is 4. The van der Waals surface area contributed by atoms with Gasteiger partial charge in [0.25, 0.3) is 0 Å². The minimum absolute atomic E-state index is 0.0304. The van der Waals surface area contributed by atoms with Gasteiger partial charge in [-0.05, 0) is 24.2 Å². The number of piperazine rings is 1. The number of carbonyl (C=O) groups is 1. The van der Waals surface area contributed by atoms with E-state index in [1.54, 1.807) is 4.90 Å². The van der Waals surface area contributed by atoms with Crippen molar-refractivity contribution in [2.75, 3.05) is 36.8 Å². The Bertz CT molecular complexity index is 913. The molecule has 154 valence electrons. The minimum Gasteiger partial charge on any atom is -0.352 e. The summed E-state index contributed by atoms with van der Waals surface area (Å²) >= 11 is 0. The maximum absolute atomic E-state index is 14.0. The van der Waals surface area contributed by atoms with Gasteiger partial charge in [-0.15, -0.1) is 0 Å². The molecule has 1 aromatic heterocycles. The van der Waals surface area contributed by atoms with Gasteiger partial charge in [0.05, 0.1) is 11.9 Å². The Morgan fingerprint density at radius 1 is 1.21 bits per heavy atom. The number of aromatic nitrogens is 1. The highest BCUT2D eigenvalue weighted by Crippen LogP contribution is 2.64. The number of anilines is 1. The fourth-order valence-electron chi connectivity index (χ4n) is 5.33. The second-order valence-electron chi connectivity index (χ2n) is 8.77. The topological polar surface area (TPSA) is 70.6 Å². The number of hydrogen-bond acceptors (Lipinski definition) is 5. The van der Waals surface area contributed by atoms with E-state index < -0.39 is 27.1 Å². The number of ketones is 1. The van der Waals surface area contributed by atoms with Crippen LogP contribution in [0.1, 0.15) is 33.1 Å². The number of sulfonamides is 1. The van der Waals surface area contributed by atoms with Gasteiger partial charge in [0, 0.05) is 44.1 Å². The first kappa shape index (κ1) is 19.7. The molecular weight excluding hydrogens is 388 g/mol. The van der Waals surface area contributed by atoms with E-state index in [9.17, 15) is 22.0 Å². The standard InChI is InChI=1S/C19H25F2N3O3S/c1-18(2)13-3-4-19(18,16(25)9-13)12-28(26,27)24-7-5-23(6-8-24)17-15(21)10-14(20)11-22-17/h10-11,13H,3-9,12H2,1-2H3/t13-,19+/m1/s1. The molecule has 2 saturated carbocycles. The van der Waals surface area contributed by atoms with Gasteiger partial charge in [0.1, 0.15) is 11.6 Å². The molecule has 1 aromatic rings. The Labute approximate surface area is 164 Å². The van der Waals surface area contributed by atoms with Gasteiger partial charge in [0.2, 0.25) is 10.0 Å². The van der Waals surface area contributed by atoms with Crippen LogP contribution in [0.3, 0.4) is 0 Å². The number of fused-ring (bicyclic) bond motifs is 2. The first-order valence-corrected chi connectivity index (χ1v) is 11.2. The van der Waals surface area contributed by atoms with Crippen molar-refractivity contribution >= 4 is 21.6 Å². The summed E-state index contributed by atoms with van der Waals surface area (Å²) in [7, 11) is -3.63. The van der Waals surface area contributed by atoms with E-state index in [2.05, 4.69) is 4.98 Å². The van der Waals surface area contributed by atoms with E-state index in [0.29, 0.717) is 12.8 Å². The van der Waals surface area contributed by atoms with Crippen LogP contribution in [0.25, 0.3) is 0 Å². The molecule has 3 aliphatic rings. The zero-order valence-corrected chi connectivity index (χ0v) is 16.9. The van der Waals surface area contributed by atoms with Crippen molar-refractivity contribution in [3.63, 3.8) is 0 Å². The largest absolute Gasteiger partial charge is 0.352 e. The van der Waals surface area contributed by atoms with E-state index in [0.717, 1.165) is 18.7 Å². The molecule has 3 fully saturated rings. The van der Waals surface area contributed by atoms with Crippen LogP contribution in [0, 0.1) is 28.4 Å². The van der Waals surface area contributed by atoms with Gasteiger partial charge in [-0.3, -0.25) is 4.79 Å². The summed E-state index contributed by atoms with van der Waals surface area (Å²) in [5.74, 6) is -1.28. The zero-order valence-electron chi connectivity index (χ0n) is 16.1. The molecule has 28 heavy (non-hydrogen) atoms. The van der Waals surface area contributed by atoms with Crippen LogP contribution in [0.2, 0.25) is 0 Å². The molecule has 0 unspecified atom stereocenters. The summed E-state index contributed by atoms with van der Waals surface area (Å²) < 4.78 is 54.7. The number of halogens is 2. The normalized spacial score (nSPS) is 30.2. The van der Waals surface area contributed by atoms with E-state index in [1.165, 1.54) is 4.31 Å². The smallest absolute Gasteiger partial charge is 0.215 e. The van der Waals surface area contributed by atoms with Crippen molar-refractivity contribution < 1.29 is 22.0 Å². The van der Waals surface area contributed by atoms with Crippen molar-refractivity contribution in [2.24, 2.45) is 16.7 Å². The highest BCUT2D eigenvalue weighted by molar-refractivity contribution is 7.89. The fourth-order valence-corrected chi connectivity index (χ4v) is 7.53. The van der Waals surface area contributed by atoms with Crippen LogP contribution in [0.5, 0.6) is 0 Å².